The lowest BCUT2D eigenvalue weighted by Gasteiger charge is -2.07. The predicted octanol–water partition coefficient (Wildman–Crippen LogP) is 0.737. The van der Waals surface area contributed by atoms with Crippen LogP contribution in [0.2, 0.25) is 0 Å². The van der Waals surface area contributed by atoms with Crippen molar-refractivity contribution in [3.05, 3.63) is 29.6 Å². The Balaban J connectivity index is 1.94. The molecular formula is C14H24N2O4. The molecule has 1 rings (SSSR count). The van der Waals surface area contributed by atoms with E-state index in [-0.39, 0.29) is 0 Å². The monoisotopic (exact) mass is 284 g/mol. The average Bonchev–Trinajstić information content (AvgIpc) is 2.49. The Morgan fingerprint density at radius 1 is 1.00 bits per heavy atom. The highest BCUT2D eigenvalue weighted by atomic mass is 16.6. The molecule has 2 N–H and O–H groups in total. The molecule has 0 spiro atoms. The fourth-order valence-electron chi connectivity index (χ4n) is 1.50. The van der Waals surface area contributed by atoms with E-state index in [1.54, 1.807) is 13.3 Å². The molecule has 0 saturated carbocycles. The Morgan fingerprint density at radius 3 is 2.30 bits per heavy atom. The normalized spacial score (nSPS) is 10.9. The van der Waals surface area contributed by atoms with Crippen LogP contribution in [0.3, 0.4) is 0 Å². The van der Waals surface area contributed by atoms with Crippen LogP contribution < -0.4 is 5.73 Å². The SMILES string of the molecule is COCCOCCOCCOCc1ccnc(CN)c1. The maximum absolute atomic E-state index is 5.53. The van der Waals surface area contributed by atoms with Gasteiger partial charge in [-0.15, -0.1) is 0 Å². The van der Waals surface area contributed by atoms with Gasteiger partial charge in [-0.1, -0.05) is 0 Å². The third kappa shape index (κ3) is 8.19. The van der Waals surface area contributed by atoms with Crippen LogP contribution in [0.15, 0.2) is 18.3 Å². The average molecular weight is 284 g/mol. The minimum atomic E-state index is 0.444. The molecule has 6 nitrogen and oxygen atoms in total. The first-order chi connectivity index (χ1) is 9.86. The molecule has 0 unspecified atom stereocenters. The Labute approximate surface area is 120 Å². The summed E-state index contributed by atoms with van der Waals surface area (Å²) < 4.78 is 21.0. The van der Waals surface area contributed by atoms with E-state index in [1.807, 2.05) is 12.1 Å². The van der Waals surface area contributed by atoms with E-state index in [4.69, 9.17) is 24.7 Å². The molecule has 0 aliphatic heterocycles. The third-order valence-corrected chi connectivity index (χ3v) is 2.53. The Morgan fingerprint density at radius 2 is 1.65 bits per heavy atom. The van der Waals surface area contributed by atoms with Crippen molar-refractivity contribution in [1.29, 1.82) is 0 Å². The van der Waals surface area contributed by atoms with Gasteiger partial charge < -0.3 is 24.7 Å². The summed E-state index contributed by atoms with van der Waals surface area (Å²) in [4.78, 5) is 4.13. The molecule has 0 amide bonds. The zero-order valence-electron chi connectivity index (χ0n) is 12.0. The predicted molar refractivity (Wildman–Crippen MR) is 75.3 cm³/mol. The first kappa shape index (κ1) is 17.0. The van der Waals surface area contributed by atoms with Gasteiger partial charge >= 0.3 is 0 Å². The summed E-state index contributed by atoms with van der Waals surface area (Å²) >= 11 is 0. The van der Waals surface area contributed by atoms with Crippen molar-refractivity contribution >= 4 is 0 Å². The lowest BCUT2D eigenvalue weighted by Crippen LogP contribution is -2.11. The van der Waals surface area contributed by atoms with Crippen LogP contribution >= 0.6 is 0 Å². The van der Waals surface area contributed by atoms with Crippen LogP contribution in [0, 0.1) is 0 Å². The van der Waals surface area contributed by atoms with Crippen LogP contribution in [0.25, 0.3) is 0 Å². The third-order valence-electron chi connectivity index (χ3n) is 2.53. The van der Waals surface area contributed by atoms with E-state index in [2.05, 4.69) is 4.98 Å². The topological polar surface area (TPSA) is 75.8 Å². The first-order valence-corrected chi connectivity index (χ1v) is 6.73. The van der Waals surface area contributed by atoms with Gasteiger partial charge in [0.15, 0.2) is 0 Å². The second-order valence-corrected chi connectivity index (χ2v) is 4.13. The van der Waals surface area contributed by atoms with Crippen LogP contribution in [-0.2, 0) is 32.1 Å². The van der Waals surface area contributed by atoms with Gasteiger partial charge in [0.05, 0.1) is 51.9 Å². The quantitative estimate of drug-likeness (QED) is 0.570. The highest BCUT2D eigenvalue weighted by molar-refractivity contribution is 5.15. The maximum atomic E-state index is 5.53. The fraction of sp³-hybridized carbons (Fsp3) is 0.643. The number of hydrogen-bond acceptors (Lipinski definition) is 6. The zero-order chi connectivity index (χ0) is 14.5. The minimum Gasteiger partial charge on any atom is -0.382 e. The number of nitrogens with zero attached hydrogens (tertiary/aromatic N) is 1. The summed E-state index contributed by atoms with van der Waals surface area (Å²) in [5.41, 5.74) is 7.47. The number of hydrogen-bond donors (Lipinski definition) is 1. The van der Waals surface area contributed by atoms with Crippen molar-refractivity contribution in [1.82, 2.24) is 4.98 Å². The highest BCUT2D eigenvalue weighted by Gasteiger charge is 1.97. The Bertz CT molecular complexity index is 350. The summed E-state index contributed by atoms with van der Waals surface area (Å²) in [6.45, 7) is 4.46. The lowest BCUT2D eigenvalue weighted by molar-refractivity contribution is 0.000855. The van der Waals surface area contributed by atoms with Gasteiger partial charge in [0.25, 0.3) is 0 Å². The fourth-order valence-corrected chi connectivity index (χ4v) is 1.50. The molecule has 6 heteroatoms. The van der Waals surface area contributed by atoms with Crippen molar-refractivity contribution in [2.45, 2.75) is 13.2 Å². The van der Waals surface area contributed by atoms with Gasteiger partial charge in [-0.05, 0) is 17.7 Å². The van der Waals surface area contributed by atoms with Gasteiger partial charge in [-0.25, -0.2) is 0 Å². The molecule has 20 heavy (non-hydrogen) atoms. The number of methoxy groups -OCH3 is 1. The highest BCUT2D eigenvalue weighted by Crippen LogP contribution is 2.02. The summed E-state index contributed by atoms with van der Waals surface area (Å²) in [7, 11) is 1.65. The molecule has 0 aliphatic rings. The van der Waals surface area contributed by atoms with Crippen LogP contribution in [0.4, 0.5) is 0 Å². The Kier molecular flexibility index (Phi) is 9.99. The van der Waals surface area contributed by atoms with Crippen molar-refractivity contribution in [2.24, 2.45) is 5.73 Å². The first-order valence-electron chi connectivity index (χ1n) is 6.73. The molecule has 0 aliphatic carbocycles. The molecule has 0 atom stereocenters. The number of rotatable bonds is 12. The van der Waals surface area contributed by atoms with Gasteiger partial charge in [-0.2, -0.15) is 0 Å². The number of pyridine rings is 1. The summed E-state index contributed by atoms with van der Waals surface area (Å²) in [6.07, 6.45) is 1.74. The van der Waals surface area contributed by atoms with E-state index in [0.29, 0.717) is 52.8 Å². The molecule has 1 heterocycles. The van der Waals surface area contributed by atoms with E-state index >= 15 is 0 Å². The van der Waals surface area contributed by atoms with E-state index in [9.17, 15) is 0 Å². The standard InChI is InChI=1S/C14H24N2O4/c1-17-4-5-18-6-7-19-8-9-20-12-13-2-3-16-14(10-13)11-15/h2-3,10H,4-9,11-12,15H2,1H3. The molecule has 0 aromatic carbocycles. The second-order valence-electron chi connectivity index (χ2n) is 4.13. The Hall–Kier alpha value is -1.05. The van der Waals surface area contributed by atoms with Gasteiger partial charge in [0.1, 0.15) is 0 Å². The van der Waals surface area contributed by atoms with Crippen molar-refractivity contribution in [3.8, 4) is 0 Å². The number of aromatic nitrogens is 1. The summed E-state index contributed by atoms with van der Waals surface area (Å²) in [5.74, 6) is 0. The zero-order valence-corrected chi connectivity index (χ0v) is 12.0. The smallest absolute Gasteiger partial charge is 0.0719 e. The van der Waals surface area contributed by atoms with Gasteiger partial charge in [-0.3, -0.25) is 4.98 Å². The van der Waals surface area contributed by atoms with E-state index in [1.165, 1.54) is 0 Å². The largest absolute Gasteiger partial charge is 0.382 e. The van der Waals surface area contributed by atoms with Crippen molar-refractivity contribution in [2.75, 3.05) is 46.8 Å². The van der Waals surface area contributed by atoms with Gasteiger partial charge in [0, 0.05) is 19.9 Å². The molecule has 0 fully saturated rings. The molecule has 114 valence electrons. The maximum Gasteiger partial charge on any atom is 0.0719 e. The minimum absolute atomic E-state index is 0.444. The summed E-state index contributed by atoms with van der Waals surface area (Å²) in [5, 5.41) is 0. The van der Waals surface area contributed by atoms with Gasteiger partial charge in [0.2, 0.25) is 0 Å². The molecule has 0 radical (unpaired) electrons. The molecule has 1 aromatic heterocycles. The number of nitrogens with two attached hydrogens (primary N) is 1. The summed E-state index contributed by atoms with van der Waals surface area (Å²) in [6, 6.07) is 3.87. The van der Waals surface area contributed by atoms with Crippen LogP contribution in [0.1, 0.15) is 11.3 Å². The second kappa shape index (κ2) is 11.7. The molecule has 0 bridgehead atoms. The van der Waals surface area contributed by atoms with Crippen LogP contribution in [-0.4, -0.2) is 51.7 Å². The lowest BCUT2D eigenvalue weighted by atomic mass is 10.2. The van der Waals surface area contributed by atoms with Crippen LogP contribution in [0.5, 0.6) is 0 Å². The van der Waals surface area contributed by atoms with Crippen molar-refractivity contribution < 1.29 is 18.9 Å². The van der Waals surface area contributed by atoms with E-state index < -0.39 is 0 Å². The molecular weight excluding hydrogens is 260 g/mol. The molecule has 1 aromatic rings. The van der Waals surface area contributed by atoms with E-state index in [0.717, 1.165) is 11.3 Å². The number of ether oxygens (including phenoxy) is 4. The van der Waals surface area contributed by atoms with Crippen molar-refractivity contribution in [3.63, 3.8) is 0 Å². The molecule has 0 saturated heterocycles.